The number of nitrogens with one attached hydrogen (secondary N) is 1. The first-order valence-electron chi connectivity index (χ1n) is 11.6. The van der Waals surface area contributed by atoms with Crippen molar-refractivity contribution in [3.05, 3.63) is 48.5 Å². The Labute approximate surface area is 201 Å². The predicted molar refractivity (Wildman–Crippen MR) is 130 cm³/mol. The lowest BCUT2D eigenvalue weighted by molar-refractivity contribution is -0.119. The van der Waals surface area contributed by atoms with Crippen LogP contribution >= 0.6 is 0 Å². The summed E-state index contributed by atoms with van der Waals surface area (Å²) in [6.07, 6.45) is 0.810. The van der Waals surface area contributed by atoms with Gasteiger partial charge in [0.25, 0.3) is 10.0 Å². The largest absolute Gasteiger partial charge is 0.486 e. The van der Waals surface area contributed by atoms with Gasteiger partial charge in [-0.25, -0.2) is 8.42 Å². The normalized spacial score (nSPS) is 16.7. The van der Waals surface area contributed by atoms with Gasteiger partial charge in [0.05, 0.1) is 10.6 Å². The second-order valence-corrected chi connectivity index (χ2v) is 10.4. The molecule has 0 radical (unpaired) electrons. The molecule has 2 heterocycles. The first-order chi connectivity index (χ1) is 16.4. The number of ether oxygens (including phenoxy) is 2. The quantitative estimate of drug-likeness (QED) is 0.534. The summed E-state index contributed by atoms with van der Waals surface area (Å²) in [6.45, 7) is 6.04. The molecule has 2 aromatic carbocycles. The molecule has 0 spiro atoms. The molecule has 0 aromatic heterocycles. The third-order valence-corrected chi connectivity index (χ3v) is 7.79. The Morgan fingerprint density at radius 1 is 1.00 bits per heavy atom. The molecule has 0 atom stereocenters. The van der Waals surface area contributed by atoms with Gasteiger partial charge < -0.3 is 24.6 Å². The number of carbonyl (C=O) groups is 1. The van der Waals surface area contributed by atoms with Gasteiger partial charge in [-0.2, -0.15) is 0 Å². The Morgan fingerprint density at radius 2 is 1.71 bits per heavy atom. The van der Waals surface area contributed by atoms with Crippen molar-refractivity contribution in [2.45, 2.75) is 11.3 Å². The topological polar surface area (TPSA) is 91.4 Å². The number of benzene rings is 2. The van der Waals surface area contributed by atoms with Gasteiger partial charge >= 0.3 is 0 Å². The molecule has 10 heteroatoms. The fraction of sp³-hybridized carbons (Fsp3) is 0.458. The Bertz CT molecular complexity index is 1070. The SMILES string of the molecule is CN1CCN(CCCNC(=O)CN(c2ccc3c(c2)OCCO3)S(=O)(=O)c2ccccc2)CC1. The Balaban J connectivity index is 1.43. The molecule has 34 heavy (non-hydrogen) atoms. The molecular weight excluding hydrogens is 456 g/mol. The summed E-state index contributed by atoms with van der Waals surface area (Å²) in [5.74, 6) is 0.665. The monoisotopic (exact) mass is 488 g/mol. The van der Waals surface area contributed by atoms with Crippen molar-refractivity contribution in [1.29, 1.82) is 0 Å². The minimum atomic E-state index is -3.97. The van der Waals surface area contributed by atoms with E-state index in [4.69, 9.17) is 9.47 Å². The summed E-state index contributed by atoms with van der Waals surface area (Å²) in [5, 5.41) is 2.88. The number of likely N-dealkylation sites (N-methyl/N-ethyl adjacent to an activating group) is 1. The number of fused-ring (bicyclic) bond motifs is 1. The molecule has 2 aromatic rings. The van der Waals surface area contributed by atoms with E-state index in [-0.39, 0.29) is 17.3 Å². The van der Waals surface area contributed by atoms with E-state index in [1.54, 1.807) is 36.4 Å². The molecule has 184 valence electrons. The smallest absolute Gasteiger partial charge is 0.264 e. The molecular formula is C24H32N4O5S. The van der Waals surface area contributed by atoms with Gasteiger partial charge in [0.15, 0.2) is 11.5 Å². The highest BCUT2D eigenvalue weighted by atomic mass is 32.2. The zero-order valence-electron chi connectivity index (χ0n) is 19.5. The third kappa shape index (κ3) is 5.99. The number of hydrogen-bond acceptors (Lipinski definition) is 7. The Morgan fingerprint density at radius 3 is 2.44 bits per heavy atom. The minimum Gasteiger partial charge on any atom is -0.486 e. The zero-order valence-corrected chi connectivity index (χ0v) is 20.3. The first-order valence-corrected chi connectivity index (χ1v) is 13.0. The first kappa shape index (κ1) is 24.3. The summed E-state index contributed by atoms with van der Waals surface area (Å²) in [6, 6.07) is 13.0. The second kappa shape index (κ2) is 11.1. The van der Waals surface area contributed by atoms with Crippen molar-refractivity contribution >= 4 is 21.6 Å². The van der Waals surface area contributed by atoms with Gasteiger partial charge in [-0.05, 0) is 44.3 Å². The number of amides is 1. The standard InChI is InChI=1S/C24H32N4O5S/c1-26-12-14-27(15-13-26)11-5-10-25-24(29)19-28(34(30,31)21-6-3-2-4-7-21)20-8-9-22-23(18-20)33-17-16-32-22/h2-4,6-9,18H,5,10-17,19H2,1H3,(H,25,29). The third-order valence-electron chi connectivity index (χ3n) is 6.00. The fourth-order valence-electron chi connectivity index (χ4n) is 4.01. The van der Waals surface area contributed by atoms with Crippen LogP contribution in [0.1, 0.15) is 6.42 Å². The van der Waals surface area contributed by atoms with Crippen LogP contribution in [-0.2, 0) is 14.8 Å². The van der Waals surface area contributed by atoms with Gasteiger partial charge in [-0.3, -0.25) is 9.10 Å². The van der Waals surface area contributed by atoms with E-state index in [1.807, 2.05) is 0 Å². The average Bonchev–Trinajstić information content (AvgIpc) is 2.86. The molecule has 0 bridgehead atoms. The average molecular weight is 489 g/mol. The van der Waals surface area contributed by atoms with Crippen molar-refractivity contribution in [3.63, 3.8) is 0 Å². The van der Waals surface area contributed by atoms with E-state index in [1.165, 1.54) is 12.1 Å². The Hall–Kier alpha value is -2.82. The number of hydrogen-bond donors (Lipinski definition) is 1. The zero-order chi connectivity index (χ0) is 24.0. The molecule has 2 aliphatic heterocycles. The van der Waals surface area contributed by atoms with Crippen molar-refractivity contribution in [2.24, 2.45) is 0 Å². The van der Waals surface area contributed by atoms with E-state index in [2.05, 4.69) is 22.2 Å². The molecule has 2 aliphatic rings. The molecule has 9 nitrogen and oxygen atoms in total. The minimum absolute atomic E-state index is 0.118. The van der Waals surface area contributed by atoms with E-state index in [9.17, 15) is 13.2 Å². The van der Waals surface area contributed by atoms with Crippen LogP contribution in [0.15, 0.2) is 53.4 Å². The van der Waals surface area contributed by atoms with E-state index in [0.29, 0.717) is 36.9 Å². The van der Waals surface area contributed by atoms with Crippen molar-refractivity contribution in [3.8, 4) is 11.5 Å². The number of piperazine rings is 1. The molecule has 1 N–H and O–H groups in total. The van der Waals surface area contributed by atoms with Crippen molar-refractivity contribution in [2.75, 3.05) is 70.4 Å². The molecule has 0 unspecified atom stereocenters. The van der Waals surface area contributed by atoms with E-state index < -0.39 is 10.0 Å². The maximum atomic E-state index is 13.5. The van der Waals surface area contributed by atoms with Crippen molar-refractivity contribution in [1.82, 2.24) is 15.1 Å². The fourth-order valence-corrected chi connectivity index (χ4v) is 5.44. The molecule has 0 saturated carbocycles. The van der Waals surface area contributed by atoms with Crippen LogP contribution in [0.2, 0.25) is 0 Å². The molecule has 0 aliphatic carbocycles. The Kier molecular flexibility index (Phi) is 7.91. The summed E-state index contributed by atoms with van der Waals surface area (Å²) < 4.78 is 39.2. The van der Waals surface area contributed by atoms with Gasteiger partial charge in [0.2, 0.25) is 5.91 Å². The van der Waals surface area contributed by atoms with Gasteiger partial charge in [0, 0.05) is 38.8 Å². The number of nitrogens with zero attached hydrogens (tertiary/aromatic N) is 3. The summed E-state index contributed by atoms with van der Waals surface area (Å²) in [5.41, 5.74) is 0.348. The van der Waals surface area contributed by atoms with Gasteiger partial charge in [0.1, 0.15) is 19.8 Å². The summed E-state index contributed by atoms with van der Waals surface area (Å²) in [7, 11) is -1.85. The van der Waals surface area contributed by atoms with E-state index in [0.717, 1.165) is 43.4 Å². The summed E-state index contributed by atoms with van der Waals surface area (Å²) >= 11 is 0. The maximum absolute atomic E-state index is 13.5. The predicted octanol–water partition coefficient (Wildman–Crippen LogP) is 1.41. The number of rotatable bonds is 9. The highest BCUT2D eigenvalue weighted by Gasteiger charge is 2.28. The number of carbonyl (C=O) groups excluding carboxylic acids is 1. The number of anilines is 1. The van der Waals surface area contributed by atoms with Crippen LogP contribution in [0.4, 0.5) is 5.69 Å². The summed E-state index contributed by atoms with van der Waals surface area (Å²) in [4.78, 5) is 17.6. The van der Waals surface area contributed by atoms with Gasteiger partial charge in [-0.1, -0.05) is 18.2 Å². The maximum Gasteiger partial charge on any atom is 0.264 e. The molecule has 4 rings (SSSR count). The van der Waals surface area contributed by atoms with Crippen LogP contribution in [0.5, 0.6) is 11.5 Å². The van der Waals surface area contributed by atoms with Crippen LogP contribution in [0.3, 0.4) is 0 Å². The van der Waals surface area contributed by atoms with E-state index >= 15 is 0 Å². The van der Waals surface area contributed by atoms with Crippen LogP contribution in [0.25, 0.3) is 0 Å². The lowest BCUT2D eigenvalue weighted by Crippen LogP contribution is -2.45. The highest BCUT2D eigenvalue weighted by molar-refractivity contribution is 7.92. The van der Waals surface area contributed by atoms with Gasteiger partial charge in [-0.15, -0.1) is 0 Å². The van der Waals surface area contributed by atoms with Crippen molar-refractivity contribution < 1.29 is 22.7 Å². The highest BCUT2D eigenvalue weighted by Crippen LogP contribution is 2.35. The lowest BCUT2D eigenvalue weighted by atomic mass is 10.2. The van der Waals surface area contributed by atoms with Crippen LogP contribution in [-0.4, -0.2) is 90.2 Å². The molecule has 1 amide bonds. The van der Waals surface area contributed by atoms with Crippen LogP contribution < -0.4 is 19.1 Å². The number of sulfonamides is 1. The molecule has 1 fully saturated rings. The lowest BCUT2D eigenvalue weighted by Gasteiger charge is -2.32. The van der Waals surface area contributed by atoms with Crippen LogP contribution in [0, 0.1) is 0 Å². The second-order valence-electron chi connectivity index (χ2n) is 8.50. The molecule has 1 saturated heterocycles.